The Labute approximate surface area is 214 Å². The van der Waals surface area contributed by atoms with Gasteiger partial charge in [-0.25, -0.2) is 0 Å². The summed E-state index contributed by atoms with van der Waals surface area (Å²) in [6, 6.07) is 22.8. The maximum Gasteiger partial charge on any atom is 0.243 e. The highest BCUT2D eigenvalue weighted by molar-refractivity contribution is 6.30. The van der Waals surface area contributed by atoms with E-state index in [1.54, 1.807) is 4.90 Å². The van der Waals surface area contributed by atoms with E-state index >= 15 is 0 Å². The van der Waals surface area contributed by atoms with Crippen molar-refractivity contribution in [2.45, 2.75) is 65.6 Å². The topological polar surface area (TPSA) is 49.4 Å². The number of rotatable bonds is 10. The molecule has 3 aromatic rings. The molecule has 0 fully saturated rings. The zero-order chi connectivity index (χ0) is 25.4. The van der Waals surface area contributed by atoms with E-state index in [0.29, 0.717) is 18.0 Å². The van der Waals surface area contributed by atoms with Gasteiger partial charge in [0.1, 0.15) is 6.04 Å². The molecule has 1 N–H and O–H groups in total. The molecule has 0 aliphatic heterocycles. The van der Waals surface area contributed by atoms with Gasteiger partial charge < -0.3 is 10.2 Å². The van der Waals surface area contributed by atoms with Crippen LogP contribution in [-0.4, -0.2) is 28.8 Å². The van der Waals surface area contributed by atoms with Gasteiger partial charge in [0.05, 0.1) is 6.42 Å². The molecule has 35 heavy (non-hydrogen) atoms. The van der Waals surface area contributed by atoms with E-state index in [1.807, 2.05) is 87.5 Å². The molecule has 3 rings (SSSR count). The average molecular weight is 491 g/mol. The highest BCUT2D eigenvalue weighted by Crippen LogP contribution is 2.20. The third kappa shape index (κ3) is 7.69. The van der Waals surface area contributed by atoms with Gasteiger partial charge in [0.2, 0.25) is 11.8 Å². The number of carbonyl (C=O) groups excluding carboxylic acids is 2. The van der Waals surface area contributed by atoms with Gasteiger partial charge in [0, 0.05) is 24.0 Å². The summed E-state index contributed by atoms with van der Waals surface area (Å²) in [5.74, 6) is -0.230. The fourth-order valence-electron chi connectivity index (χ4n) is 4.02. The van der Waals surface area contributed by atoms with Crippen molar-refractivity contribution in [2.75, 3.05) is 0 Å². The van der Waals surface area contributed by atoms with Gasteiger partial charge in [-0.2, -0.15) is 0 Å². The molecule has 5 heteroatoms. The van der Waals surface area contributed by atoms with Crippen LogP contribution in [0.5, 0.6) is 0 Å². The first kappa shape index (κ1) is 26.5. The molecular weight excluding hydrogens is 456 g/mol. The van der Waals surface area contributed by atoms with E-state index < -0.39 is 6.04 Å². The highest BCUT2D eigenvalue weighted by atomic mass is 35.5. The molecule has 3 aromatic carbocycles. The molecule has 2 atom stereocenters. The second-order valence-corrected chi connectivity index (χ2v) is 9.71. The van der Waals surface area contributed by atoms with Gasteiger partial charge in [0.15, 0.2) is 0 Å². The summed E-state index contributed by atoms with van der Waals surface area (Å²) in [4.78, 5) is 29.1. The van der Waals surface area contributed by atoms with Crippen molar-refractivity contribution in [1.82, 2.24) is 10.2 Å². The SMILES string of the molecule is CC[C@H](C)NC(=O)[C@@H](Cc1ccccc1)N(Cc1cccc(Cl)c1)C(=O)Cc1ccc(C)c(C)c1. The van der Waals surface area contributed by atoms with Gasteiger partial charge in [-0.05, 0) is 67.1 Å². The van der Waals surface area contributed by atoms with Crippen molar-refractivity contribution in [1.29, 1.82) is 0 Å². The first-order valence-electron chi connectivity index (χ1n) is 12.2. The number of benzene rings is 3. The summed E-state index contributed by atoms with van der Waals surface area (Å²) in [5.41, 5.74) is 5.17. The van der Waals surface area contributed by atoms with E-state index in [0.717, 1.165) is 28.7 Å². The fraction of sp³-hybridized carbons (Fsp3) is 0.333. The lowest BCUT2D eigenvalue weighted by Crippen LogP contribution is -2.52. The number of nitrogens with zero attached hydrogens (tertiary/aromatic N) is 1. The summed E-state index contributed by atoms with van der Waals surface area (Å²) in [7, 11) is 0. The molecule has 0 heterocycles. The molecule has 0 aliphatic rings. The summed E-state index contributed by atoms with van der Waals surface area (Å²) in [6.07, 6.45) is 1.47. The summed E-state index contributed by atoms with van der Waals surface area (Å²) in [5, 5.41) is 3.71. The molecule has 0 saturated heterocycles. The average Bonchev–Trinajstić information content (AvgIpc) is 2.84. The fourth-order valence-corrected chi connectivity index (χ4v) is 4.23. The van der Waals surface area contributed by atoms with Crippen molar-refractivity contribution in [3.63, 3.8) is 0 Å². The number of hydrogen-bond acceptors (Lipinski definition) is 2. The van der Waals surface area contributed by atoms with Gasteiger partial charge in [0.25, 0.3) is 0 Å². The monoisotopic (exact) mass is 490 g/mol. The molecule has 184 valence electrons. The minimum Gasteiger partial charge on any atom is -0.352 e. The molecule has 2 amide bonds. The Morgan fingerprint density at radius 3 is 2.26 bits per heavy atom. The smallest absolute Gasteiger partial charge is 0.243 e. The quantitative estimate of drug-likeness (QED) is 0.376. The third-order valence-electron chi connectivity index (χ3n) is 6.44. The molecule has 0 radical (unpaired) electrons. The van der Waals surface area contributed by atoms with Crippen LogP contribution in [0.25, 0.3) is 0 Å². The van der Waals surface area contributed by atoms with Crippen LogP contribution in [0.15, 0.2) is 72.8 Å². The maximum absolute atomic E-state index is 13.8. The van der Waals surface area contributed by atoms with Gasteiger partial charge >= 0.3 is 0 Å². The Morgan fingerprint density at radius 1 is 0.886 bits per heavy atom. The van der Waals surface area contributed by atoms with Crippen molar-refractivity contribution in [2.24, 2.45) is 0 Å². The van der Waals surface area contributed by atoms with Gasteiger partial charge in [-0.3, -0.25) is 9.59 Å². The number of carbonyl (C=O) groups is 2. The molecule has 0 aromatic heterocycles. The Bertz CT molecular complexity index is 1150. The number of aryl methyl sites for hydroxylation is 2. The molecule has 0 aliphatic carbocycles. The van der Waals surface area contributed by atoms with E-state index in [2.05, 4.69) is 18.3 Å². The lowest BCUT2D eigenvalue weighted by atomic mass is 10.00. The van der Waals surface area contributed by atoms with E-state index in [9.17, 15) is 9.59 Å². The highest BCUT2D eigenvalue weighted by Gasteiger charge is 2.31. The van der Waals surface area contributed by atoms with Crippen LogP contribution in [0.4, 0.5) is 0 Å². The molecule has 0 bridgehead atoms. The summed E-state index contributed by atoms with van der Waals surface area (Å²) in [6.45, 7) is 8.42. The maximum atomic E-state index is 13.8. The molecule has 0 unspecified atom stereocenters. The van der Waals surface area contributed by atoms with Crippen molar-refractivity contribution in [3.8, 4) is 0 Å². The number of nitrogens with one attached hydrogen (secondary N) is 1. The Morgan fingerprint density at radius 2 is 1.60 bits per heavy atom. The van der Waals surface area contributed by atoms with E-state index in [-0.39, 0.29) is 24.3 Å². The first-order chi connectivity index (χ1) is 16.8. The second-order valence-electron chi connectivity index (χ2n) is 9.27. The minimum atomic E-state index is -0.649. The number of hydrogen-bond donors (Lipinski definition) is 1. The predicted octanol–water partition coefficient (Wildman–Crippen LogP) is 6.05. The lowest BCUT2D eigenvalue weighted by Gasteiger charge is -2.32. The zero-order valence-electron chi connectivity index (χ0n) is 21.1. The Kier molecular flexibility index (Phi) is 9.50. The van der Waals surface area contributed by atoms with Gasteiger partial charge in [-0.15, -0.1) is 0 Å². The molecule has 0 saturated carbocycles. The Balaban J connectivity index is 1.98. The van der Waals surface area contributed by atoms with Crippen LogP contribution in [0.3, 0.4) is 0 Å². The van der Waals surface area contributed by atoms with Crippen LogP contribution in [0, 0.1) is 13.8 Å². The standard InChI is InChI=1S/C30H35ClN2O2/c1-5-23(4)32-30(35)28(18-24-10-7-6-8-11-24)33(20-26-12-9-13-27(31)17-26)29(34)19-25-15-14-21(2)22(3)16-25/h6-17,23,28H,5,18-20H2,1-4H3,(H,32,35)/t23-,28+/m0/s1. The second kappa shape index (κ2) is 12.6. The summed E-state index contributed by atoms with van der Waals surface area (Å²) >= 11 is 6.25. The van der Waals surface area contributed by atoms with Crippen LogP contribution in [-0.2, 0) is 29.0 Å². The molecular formula is C30H35ClN2O2. The third-order valence-corrected chi connectivity index (χ3v) is 6.68. The summed E-state index contributed by atoms with van der Waals surface area (Å²) < 4.78 is 0. The van der Waals surface area contributed by atoms with Crippen molar-refractivity contribution >= 4 is 23.4 Å². The number of amides is 2. The molecule has 0 spiro atoms. The predicted molar refractivity (Wildman–Crippen MR) is 143 cm³/mol. The van der Waals surface area contributed by atoms with E-state index in [4.69, 9.17) is 11.6 Å². The van der Waals surface area contributed by atoms with E-state index in [1.165, 1.54) is 5.56 Å². The Hall–Kier alpha value is -3.11. The van der Waals surface area contributed by atoms with Crippen LogP contribution in [0.1, 0.15) is 48.1 Å². The van der Waals surface area contributed by atoms with Crippen LogP contribution >= 0.6 is 11.6 Å². The minimum absolute atomic E-state index is 0.0173. The van der Waals surface area contributed by atoms with Crippen molar-refractivity contribution < 1.29 is 9.59 Å². The van der Waals surface area contributed by atoms with Crippen molar-refractivity contribution in [3.05, 3.63) is 106 Å². The van der Waals surface area contributed by atoms with Gasteiger partial charge in [-0.1, -0.05) is 79.2 Å². The lowest BCUT2D eigenvalue weighted by molar-refractivity contribution is -0.141. The zero-order valence-corrected chi connectivity index (χ0v) is 21.8. The normalized spacial score (nSPS) is 12.6. The molecule has 4 nitrogen and oxygen atoms in total. The van der Waals surface area contributed by atoms with Crippen LogP contribution in [0.2, 0.25) is 5.02 Å². The first-order valence-corrected chi connectivity index (χ1v) is 12.6. The largest absolute Gasteiger partial charge is 0.352 e. The van der Waals surface area contributed by atoms with Crippen LogP contribution < -0.4 is 5.32 Å². The number of halogens is 1.